The van der Waals surface area contributed by atoms with E-state index in [2.05, 4.69) is 10.3 Å². The molecule has 1 spiro atoms. The highest BCUT2D eigenvalue weighted by Crippen LogP contribution is 2.41. The van der Waals surface area contributed by atoms with Gasteiger partial charge in [-0.25, -0.2) is 9.78 Å². The summed E-state index contributed by atoms with van der Waals surface area (Å²) in [5.74, 6) is -1.02. The third-order valence-corrected chi connectivity index (χ3v) is 6.38. The first kappa shape index (κ1) is 21.0. The highest BCUT2D eigenvalue weighted by Gasteiger charge is 2.55. The number of likely N-dealkylation sites (N-methyl/N-ethyl adjacent to an activating group) is 1. The maximum absolute atomic E-state index is 13.7. The summed E-state index contributed by atoms with van der Waals surface area (Å²) in [6.45, 7) is -3.51. The normalized spacial score (nSPS) is 19.6. The third-order valence-electron chi connectivity index (χ3n) is 6.38. The molecule has 1 atom stereocenters. The monoisotopic (exact) mass is 453 g/mol. The number of para-hydroxylation sites is 2. The van der Waals surface area contributed by atoms with Crippen LogP contribution in [-0.2, 0) is 28.1 Å². The first-order valence-electron chi connectivity index (χ1n) is 10.5. The molecule has 8 nitrogen and oxygen atoms in total. The maximum atomic E-state index is 13.7. The molecule has 0 radical (unpaired) electrons. The highest BCUT2D eigenvalue weighted by molar-refractivity contribution is 6.09. The van der Waals surface area contributed by atoms with E-state index in [1.54, 1.807) is 18.2 Å². The van der Waals surface area contributed by atoms with Gasteiger partial charge in [0.15, 0.2) is 0 Å². The number of imide groups is 1. The number of urea groups is 1. The lowest BCUT2D eigenvalue weighted by Crippen LogP contribution is -2.44. The zero-order valence-electron chi connectivity index (χ0n) is 17.8. The van der Waals surface area contributed by atoms with Gasteiger partial charge in [-0.2, -0.15) is 8.78 Å². The minimum Gasteiger partial charge on any atom is -0.337 e. The van der Waals surface area contributed by atoms with Crippen LogP contribution >= 0.6 is 0 Å². The predicted molar refractivity (Wildman–Crippen MR) is 114 cm³/mol. The number of halogens is 2. The van der Waals surface area contributed by atoms with Crippen molar-refractivity contribution in [1.82, 2.24) is 24.7 Å². The topological polar surface area (TPSA) is 87.5 Å². The molecule has 33 heavy (non-hydrogen) atoms. The van der Waals surface area contributed by atoms with Gasteiger partial charge in [0.1, 0.15) is 17.9 Å². The number of hydrogen-bond donors (Lipinski definition) is 1. The van der Waals surface area contributed by atoms with Gasteiger partial charge in [0.25, 0.3) is 5.91 Å². The Hall–Kier alpha value is -3.82. The van der Waals surface area contributed by atoms with Gasteiger partial charge in [-0.1, -0.05) is 36.4 Å². The van der Waals surface area contributed by atoms with E-state index in [9.17, 15) is 23.2 Å². The van der Waals surface area contributed by atoms with Crippen LogP contribution in [-0.4, -0.2) is 50.8 Å². The summed E-state index contributed by atoms with van der Waals surface area (Å²) in [5.41, 5.74) is 1.24. The molecule has 170 valence electrons. The molecule has 5 rings (SSSR count). The van der Waals surface area contributed by atoms with E-state index in [4.69, 9.17) is 0 Å². The number of benzene rings is 2. The largest absolute Gasteiger partial charge is 0.337 e. The van der Waals surface area contributed by atoms with Crippen LogP contribution in [0.1, 0.15) is 29.9 Å². The number of fused-ring (bicyclic) bond motifs is 3. The molecule has 2 heterocycles. The molecule has 1 unspecified atom stereocenters. The van der Waals surface area contributed by atoms with Crippen LogP contribution in [0.25, 0.3) is 11.0 Å². The van der Waals surface area contributed by atoms with Crippen LogP contribution < -0.4 is 5.32 Å². The number of nitrogens with zero attached hydrogens (tertiary/aromatic N) is 4. The Morgan fingerprint density at radius 1 is 1.18 bits per heavy atom. The van der Waals surface area contributed by atoms with Crippen molar-refractivity contribution in [2.75, 3.05) is 13.6 Å². The van der Waals surface area contributed by atoms with Gasteiger partial charge in [-0.3, -0.25) is 19.1 Å². The van der Waals surface area contributed by atoms with E-state index in [-0.39, 0.29) is 17.9 Å². The summed E-state index contributed by atoms with van der Waals surface area (Å²) in [6, 6.07) is 13.3. The molecule has 4 amide bonds. The van der Waals surface area contributed by atoms with Gasteiger partial charge in [-0.05, 0) is 36.1 Å². The van der Waals surface area contributed by atoms with Crippen molar-refractivity contribution in [1.29, 1.82) is 0 Å². The average Bonchev–Trinajstić information content (AvgIpc) is 3.42. The number of aryl methyl sites for hydroxylation is 1. The van der Waals surface area contributed by atoms with E-state index in [0.717, 1.165) is 20.6 Å². The first-order chi connectivity index (χ1) is 15.8. The van der Waals surface area contributed by atoms with E-state index in [1.807, 2.05) is 24.3 Å². The smallest absolute Gasteiger partial charge is 0.325 e. The Labute approximate surface area is 187 Å². The Bertz CT molecular complexity index is 1290. The maximum Gasteiger partial charge on any atom is 0.325 e. The first-order valence-corrected chi connectivity index (χ1v) is 10.5. The Balaban J connectivity index is 1.34. The summed E-state index contributed by atoms with van der Waals surface area (Å²) in [4.78, 5) is 45.1. The lowest BCUT2D eigenvalue weighted by Gasteiger charge is -2.23. The number of aromatic nitrogens is 2. The third kappa shape index (κ3) is 3.24. The number of carbonyl (C=O) groups is 3. The average molecular weight is 453 g/mol. The van der Waals surface area contributed by atoms with Gasteiger partial charge in [0.2, 0.25) is 5.91 Å². The fraction of sp³-hybridized carbons (Fsp3) is 0.304. The molecular weight excluding hydrogens is 432 g/mol. The minimum atomic E-state index is -2.83. The molecule has 1 aliphatic heterocycles. The minimum absolute atomic E-state index is 0.0143. The molecule has 0 bridgehead atoms. The van der Waals surface area contributed by atoms with Gasteiger partial charge >= 0.3 is 12.6 Å². The van der Waals surface area contributed by atoms with Crippen molar-refractivity contribution in [3.63, 3.8) is 0 Å². The van der Waals surface area contributed by atoms with E-state index in [0.29, 0.717) is 18.4 Å². The fourth-order valence-corrected chi connectivity index (χ4v) is 4.71. The molecule has 3 aromatic rings. The van der Waals surface area contributed by atoms with Crippen LogP contribution in [0, 0.1) is 0 Å². The van der Waals surface area contributed by atoms with Gasteiger partial charge in [-0.15, -0.1) is 0 Å². The van der Waals surface area contributed by atoms with Crippen LogP contribution in [0.5, 0.6) is 0 Å². The lowest BCUT2D eigenvalue weighted by atomic mass is 9.92. The molecule has 2 aliphatic rings. The van der Waals surface area contributed by atoms with Crippen molar-refractivity contribution in [3.8, 4) is 0 Å². The molecule has 10 heteroatoms. The van der Waals surface area contributed by atoms with E-state index in [1.165, 1.54) is 18.0 Å². The predicted octanol–water partition coefficient (Wildman–Crippen LogP) is 2.78. The molecule has 1 aromatic heterocycles. The zero-order chi connectivity index (χ0) is 23.3. The summed E-state index contributed by atoms with van der Waals surface area (Å²) < 4.78 is 28.1. The Morgan fingerprint density at radius 3 is 2.70 bits per heavy atom. The van der Waals surface area contributed by atoms with Crippen LogP contribution in [0.2, 0.25) is 0 Å². The number of rotatable bonds is 5. The summed E-state index contributed by atoms with van der Waals surface area (Å²) in [5, 5.41) is 2.77. The molecule has 1 fully saturated rings. The molecule has 2 aromatic carbocycles. The molecule has 0 saturated carbocycles. The Kier molecular flexibility index (Phi) is 4.88. The molecule has 1 saturated heterocycles. The summed E-state index contributed by atoms with van der Waals surface area (Å²) in [6.07, 6.45) is 1.07. The second-order valence-corrected chi connectivity index (χ2v) is 8.30. The summed E-state index contributed by atoms with van der Waals surface area (Å²) in [7, 11) is 1.43. The number of carbonyl (C=O) groups excluding carboxylic acids is 3. The molecular formula is C23H21F2N5O3. The van der Waals surface area contributed by atoms with E-state index < -0.39 is 36.5 Å². The van der Waals surface area contributed by atoms with Gasteiger partial charge < -0.3 is 10.2 Å². The quantitative estimate of drug-likeness (QED) is 0.602. The van der Waals surface area contributed by atoms with Crippen LogP contribution in [0.15, 0.2) is 48.5 Å². The van der Waals surface area contributed by atoms with E-state index >= 15 is 0 Å². The molecule has 1 N–H and O–H groups in total. The van der Waals surface area contributed by atoms with Crippen molar-refractivity contribution >= 4 is 28.9 Å². The standard InChI is InChI=1S/C23H21F2N5O3/c1-28(12-18-26-16-8-4-5-9-17(16)30(18)21(24)25)19(31)13-29-20(32)23(27-22(29)33)11-10-14-6-2-3-7-15(14)23/h2-9,21H,10-13H2,1H3,(H,27,33). The number of hydrogen-bond acceptors (Lipinski definition) is 4. The molecule has 1 aliphatic carbocycles. The zero-order valence-corrected chi connectivity index (χ0v) is 17.8. The number of imidazole rings is 1. The second kappa shape index (κ2) is 7.65. The van der Waals surface area contributed by atoms with Gasteiger partial charge in [0, 0.05) is 7.05 Å². The lowest BCUT2D eigenvalue weighted by molar-refractivity contribution is -0.138. The van der Waals surface area contributed by atoms with Crippen molar-refractivity contribution in [2.45, 2.75) is 31.5 Å². The SMILES string of the molecule is CN(Cc1nc2ccccc2n1C(F)F)C(=O)CN1C(=O)NC2(CCc3ccccc32)C1=O. The number of amides is 4. The Morgan fingerprint density at radius 2 is 1.91 bits per heavy atom. The summed E-state index contributed by atoms with van der Waals surface area (Å²) >= 11 is 0. The van der Waals surface area contributed by atoms with Crippen LogP contribution in [0.3, 0.4) is 0 Å². The second-order valence-electron chi connectivity index (χ2n) is 8.30. The number of alkyl halides is 2. The van der Waals surface area contributed by atoms with Gasteiger partial charge in [0.05, 0.1) is 17.6 Å². The number of nitrogens with one attached hydrogen (secondary N) is 1. The van der Waals surface area contributed by atoms with Crippen LogP contribution in [0.4, 0.5) is 13.6 Å². The highest BCUT2D eigenvalue weighted by atomic mass is 19.3. The fourth-order valence-electron chi connectivity index (χ4n) is 4.71. The van der Waals surface area contributed by atoms with Crippen molar-refractivity contribution in [2.24, 2.45) is 0 Å². The van der Waals surface area contributed by atoms with Crippen molar-refractivity contribution < 1.29 is 23.2 Å². The van der Waals surface area contributed by atoms with Crippen molar-refractivity contribution in [3.05, 3.63) is 65.5 Å².